The van der Waals surface area contributed by atoms with Gasteiger partial charge in [0.1, 0.15) is 18.0 Å². The van der Waals surface area contributed by atoms with Crippen LogP contribution in [0.15, 0.2) is 6.07 Å². The summed E-state index contributed by atoms with van der Waals surface area (Å²) in [5, 5.41) is 13.1. The Hall–Kier alpha value is -2.01. The summed E-state index contributed by atoms with van der Waals surface area (Å²) in [5.41, 5.74) is 0.176. The lowest BCUT2D eigenvalue weighted by molar-refractivity contribution is -0.117. The first kappa shape index (κ1) is 18.8. The van der Waals surface area contributed by atoms with Gasteiger partial charge in [-0.05, 0) is 36.5 Å². The number of fused-ring (bicyclic) bond motifs is 1. The topological polar surface area (TPSA) is 98.7 Å². The summed E-state index contributed by atoms with van der Waals surface area (Å²) in [4.78, 5) is 11.4. The number of carbonyl (C=O) groups excluding carboxylic acids is 1. The maximum Gasteiger partial charge on any atom is 0.326 e. The van der Waals surface area contributed by atoms with Crippen LogP contribution < -0.4 is 14.3 Å². The zero-order valence-corrected chi connectivity index (χ0v) is 14.5. The quantitative estimate of drug-likeness (QED) is 0.688. The average molecular weight is 393 g/mol. The number of nitrogens with zero attached hydrogens (tertiary/aromatic N) is 1. The number of hydrogen-bond acceptors (Lipinski definition) is 5. The third kappa shape index (κ3) is 3.58. The number of anilines is 1. The minimum atomic E-state index is -4.26. The van der Waals surface area contributed by atoms with E-state index in [0.717, 1.165) is 0 Å². The van der Waals surface area contributed by atoms with Crippen LogP contribution in [-0.2, 0) is 27.8 Å². The first-order valence-corrected chi connectivity index (χ1v) is 9.51. The SMILES string of the molecule is O=C1CN(c2c(O)cc3c(c2F)C[C@@H](NCCC(F)F)CC3)S(=O)(=O)N1. The maximum absolute atomic E-state index is 15.0. The van der Waals surface area contributed by atoms with Gasteiger partial charge in [-0.25, -0.2) is 22.2 Å². The Morgan fingerprint density at radius 1 is 1.42 bits per heavy atom. The Morgan fingerprint density at radius 2 is 2.15 bits per heavy atom. The van der Waals surface area contributed by atoms with E-state index in [1.807, 2.05) is 0 Å². The van der Waals surface area contributed by atoms with Gasteiger partial charge in [-0.15, -0.1) is 0 Å². The number of aryl methyl sites for hydroxylation is 1. The van der Waals surface area contributed by atoms with Crippen LogP contribution in [0, 0.1) is 5.82 Å². The molecule has 2 aliphatic rings. The fourth-order valence-electron chi connectivity index (χ4n) is 3.29. The molecule has 1 aliphatic heterocycles. The molecule has 26 heavy (non-hydrogen) atoms. The second-order valence-electron chi connectivity index (χ2n) is 6.31. The van der Waals surface area contributed by atoms with Gasteiger partial charge in [-0.1, -0.05) is 0 Å². The van der Waals surface area contributed by atoms with E-state index in [1.165, 1.54) is 6.07 Å². The van der Waals surface area contributed by atoms with E-state index in [2.05, 4.69) is 5.32 Å². The lowest BCUT2D eigenvalue weighted by Crippen LogP contribution is -2.36. The molecule has 1 fully saturated rings. The summed E-state index contributed by atoms with van der Waals surface area (Å²) in [7, 11) is -4.26. The van der Waals surface area contributed by atoms with Crippen LogP contribution in [-0.4, -0.2) is 45.0 Å². The summed E-state index contributed by atoms with van der Waals surface area (Å²) in [6.45, 7) is -0.537. The highest BCUT2D eigenvalue weighted by Gasteiger charge is 2.39. The monoisotopic (exact) mass is 393 g/mol. The van der Waals surface area contributed by atoms with E-state index in [1.54, 1.807) is 4.72 Å². The van der Waals surface area contributed by atoms with E-state index in [0.29, 0.717) is 22.7 Å². The second kappa shape index (κ2) is 6.95. The number of benzene rings is 1. The molecule has 0 unspecified atom stereocenters. The highest BCUT2D eigenvalue weighted by Crippen LogP contribution is 2.39. The molecule has 7 nitrogen and oxygen atoms in total. The molecule has 1 aliphatic carbocycles. The largest absolute Gasteiger partial charge is 0.506 e. The van der Waals surface area contributed by atoms with Crippen molar-refractivity contribution in [2.75, 3.05) is 17.4 Å². The lowest BCUT2D eigenvalue weighted by Gasteiger charge is -2.28. The first-order valence-electron chi connectivity index (χ1n) is 8.07. The summed E-state index contributed by atoms with van der Waals surface area (Å²) >= 11 is 0. The third-order valence-electron chi connectivity index (χ3n) is 4.49. The molecule has 3 N–H and O–H groups in total. The van der Waals surface area contributed by atoms with Crippen molar-refractivity contribution in [3.8, 4) is 5.75 Å². The first-order chi connectivity index (χ1) is 12.2. The zero-order valence-electron chi connectivity index (χ0n) is 13.6. The number of nitrogens with one attached hydrogen (secondary N) is 2. The number of rotatable bonds is 5. The molecule has 0 radical (unpaired) electrons. The number of carbonyl (C=O) groups is 1. The molecule has 0 spiro atoms. The molecule has 0 aromatic heterocycles. The van der Waals surface area contributed by atoms with Gasteiger partial charge in [-0.2, -0.15) is 8.42 Å². The van der Waals surface area contributed by atoms with Gasteiger partial charge < -0.3 is 10.4 Å². The summed E-state index contributed by atoms with van der Waals surface area (Å²) in [5.74, 6) is -2.31. The van der Waals surface area contributed by atoms with Crippen LogP contribution in [0.3, 0.4) is 0 Å². The van der Waals surface area contributed by atoms with Gasteiger partial charge in [-0.3, -0.25) is 4.79 Å². The van der Waals surface area contributed by atoms with Gasteiger partial charge in [0.15, 0.2) is 5.82 Å². The highest BCUT2D eigenvalue weighted by atomic mass is 32.2. The van der Waals surface area contributed by atoms with E-state index >= 15 is 4.39 Å². The predicted octanol–water partition coefficient (Wildman–Crippen LogP) is 0.814. The molecule has 3 rings (SSSR count). The number of halogens is 3. The summed E-state index contributed by atoms with van der Waals surface area (Å²) in [6.07, 6.45) is -1.57. The maximum atomic E-state index is 15.0. The van der Waals surface area contributed by atoms with Crippen molar-refractivity contribution in [1.82, 2.24) is 10.0 Å². The van der Waals surface area contributed by atoms with Crippen molar-refractivity contribution in [3.05, 3.63) is 23.0 Å². The van der Waals surface area contributed by atoms with Crippen LogP contribution in [0.4, 0.5) is 18.9 Å². The normalized spacial score (nSPS) is 21.8. The van der Waals surface area contributed by atoms with Gasteiger partial charge in [0.2, 0.25) is 6.43 Å². The fraction of sp³-hybridized carbons (Fsp3) is 0.533. The number of amides is 1. The van der Waals surface area contributed by atoms with Crippen molar-refractivity contribution in [2.45, 2.75) is 38.2 Å². The Bertz CT molecular complexity index is 832. The van der Waals surface area contributed by atoms with Crippen molar-refractivity contribution < 1.29 is 31.5 Å². The molecular weight excluding hydrogens is 375 g/mol. The number of aromatic hydroxyl groups is 1. The highest BCUT2D eigenvalue weighted by molar-refractivity contribution is 7.92. The smallest absolute Gasteiger partial charge is 0.326 e. The van der Waals surface area contributed by atoms with Crippen molar-refractivity contribution >= 4 is 21.8 Å². The number of hydrogen-bond donors (Lipinski definition) is 3. The molecular formula is C15H18F3N3O4S. The van der Waals surface area contributed by atoms with E-state index in [-0.39, 0.29) is 31.0 Å². The van der Waals surface area contributed by atoms with Crippen molar-refractivity contribution in [2.24, 2.45) is 0 Å². The Kier molecular flexibility index (Phi) is 5.02. The molecule has 0 bridgehead atoms. The van der Waals surface area contributed by atoms with Crippen molar-refractivity contribution in [3.63, 3.8) is 0 Å². The van der Waals surface area contributed by atoms with E-state index < -0.39 is 46.3 Å². The molecule has 1 heterocycles. The van der Waals surface area contributed by atoms with Crippen molar-refractivity contribution in [1.29, 1.82) is 0 Å². The van der Waals surface area contributed by atoms with Gasteiger partial charge in [0.25, 0.3) is 5.91 Å². The lowest BCUT2D eigenvalue weighted by atomic mass is 9.87. The second-order valence-corrected chi connectivity index (χ2v) is 7.90. The van der Waals surface area contributed by atoms with Gasteiger partial charge in [0, 0.05) is 19.0 Å². The van der Waals surface area contributed by atoms with Crippen LogP contribution >= 0.6 is 0 Å². The molecule has 1 aromatic carbocycles. The average Bonchev–Trinajstić information content (AvgIpc) is 2.80. The number of alkyl halides is 2. The standard InChI is InChI=1S/C15H18F3N3O4S/c16-12(17)3-4-19-9-2-1-8-5-11(22)15(14(18)10(8)6-9)21-7-13(23)20-26(21,24)25/h5,9,12,19,22H,1-4,6-7H2,(H,20,23)/t9-/m0/s1. The van der Waals surface area contributed by atoms with Crippen LogP contribution in [0.1, 0.15) is 24.0 Å². The van der Waals surface area contributed by atoms with Crippen LogP contribution in [0.5, 0.6) is 5.75 Å². The van der Waals surface area contributed by atoms with Gasteiger partial charge in [0.05, 0.1) is 0 Å². The van der Waals surface area contributed by atoms with E-state index in [4.69, 9.17) is 0 Å². The van der Waals surface area contributed by atoms with Crippen LogP contribution in [0.25, 0.3) is 0 Å². The Morgan fingerprint density at radius 3 is 2.77 bits per heavy atom. The molecule has 1 aromatic rings. The molecule has 0 saturated carbocycles. The van der Waals surface area contributed by atoms with Gasteiger partial charge >= 0.3 is 10.2 Å². The molecule has 1 atom stereocenters. The number of phenolic OH excluding ortho intramolecular Hbond substituents is 1. The summed E-state index contributed by atoms with van der Waals surface area (Å²) < 4.78 is 65.6. The third-order valence-corrected chi connectivity index (χ3v) is 5.87. The zero-order chi connectivity index (χ0) is 19.1. The Labute approximate surface area is 148 Å². The predicted molar refractivity (Wildman–Crippen MR) is 86.9 cm³/mol. The van der Waals surface area contributed by atoms with Crippen LogP contribution in [0.2, 0.25) is 0 Å². The summed E-state index contributed by atoms with van der Waals surface area (Å²) in [6, 6.07) is 1.06. The number of phenols is 1. The minimum absolute atomic E-state index is 0.0865. The molecule has 144 valence electrons. The molecule has 1 saturated heterocycles. The minimum Gasteiger partial charge on any atom is -0.506 e. The fourth-order valence-corrected chi connectivity index (χ4v) is 4.46. The van der Waals surface area contributed by atoms with E-state index in [9.17, 15) is 27.1 Å². The molecule has 1 amide bonds. The Balaban J connectivity index is 1.88. The molecule has 11 heteroatoms.